The van der Waals surface area contributed by atoms with Gasteiger partial charge in [0.15, 0.2) is 0 Å². The maximum Gasteiger partial charge on any atom is 0.244 e. The van der Waals surface area contributed by atoms with Crippen LogP contribution >= 0.6 is 0 Å². The second-order valence-corrected chi connectivity index (χ2v) is 8.11. The van der Waals surface area contributed by atoms with E-state index in [1.165, 1.54) is 22.8 Å². The van der Waals surface area contributed by atoms with E-state index in [9.17, 15) is 13.7 Å². The van der Waals surface area contributed by atoms with Crippen molar-refractivity contribution in [2.75, 3.05) is 31.1 Å². The van der Waals surface area contributed by atoms with Gasteiger partial charge in [-0.2, -0.15) is 9.57 Å². The van der Waals surface area contributed by atoms with Crippen LogP contribution in [0.1, 0.15) is 5.56 Å². The summed E-state index contributed by atoms with van der Waals surface area (Å²) >= 11 is 0. The SMILES string of the molecule is N#Cc1ccccc1S(=O)(=O)N1CCN(c2cc(-n3ccnc3)ncn2)CC1. The van der Waals surface area contributed by atoms with Gasteiger partial charge in [0.25, 0.3) is 0 Å². The Kier molecular flexibility index (Phi) is 4.77. The molecular weight excluding hydrogens is 378 g/mol. The van der Waals surface area contributed by atoms with Crippen LogP contribution in [0.3, 0.4) is 0 Å². The second-order valence-electron chi connectivity index (χ2n) is 6.20. The second kappa shape index (κ2) is 7.38. The molecule has 3 aromatic rings. The quantitative estimate of drug-likeness (QED) is 0.649. The minimum absolute atomic E-state index is 0.0513. The van der Waals surface area contributed by atoms with E-state index in [0.29, 0.717) is 32.0 Å². The van der Waals surface area contributed by atoms with Crippen molar-refractivity contribution < 1.29 is 8.42 Å². The number of nitrogens with zero attached hydrogens (tertiary/aromatic N) is 7. The molecule has 1 aliphatic rings. The zero-order valence-corrected chi connectivity index (χ0v) is 15.7. The lowest BCUT2D eigenvalue weighted by Crippen LogP contribution is -2.49. The molecule has 1 fully saturated rings. The Balaban J connectivity index is 1.51. The number of imidazole rings is 1. The van der Waals surface area contributed by atoms with Gasteiger partial charge < -0.3 is 4.90 Å². The molecule has 10 heteroatoms. The van der Waals surface area contributed by atoms with Crippen molar-refractivity contribution >= 4 is 15.8 Å². The zero-order valence-electron chi connectivity index (χ0n) is 14.9. The van der Waals surface area contributed by atoms with Gasteiger partial charge in [-0.25, -0.2) is 23.4 Å². The summed E-state index contributed by atoms with van der Waals surface area (Å²) in [6.45, 7) is 1.61. The number of benzene rings is 1. The molecule has 0 unspecified atom stereocenters. The van der Waals surface area contributed by atoms with Crippen molar-refractivity contribution in [1.82, 2.24) is 23.8 Å². The highest BCUT2D eigenvalue weighted by atomic mass is 32.2. The van der Waals surface area contributed by atoms with Crippen LogP contribution in [0.15, 0.2) is 60.3 Å². The highest BCUT2D eigenvalue weighted by Gasteiger charge is 2.30. The first-order valence-electron chi connectivity index (χ1n) is 8.64. The number of anilines is 1. The van der Waals surface area contributed by atoms with Gasteiger partial charge in [0, 0.05) is 44.6 Å². The molecule has 2 aromatic heterocycles. The molecule has 142 valence electrons. The predicted octanol–water partition coefficient (Wildman–Crippen LogP) is 1.04. The smallest absolute Gasteiger partial charge is 0.244 e. The minimum atomic E-state index is -3.71. The molecule has 28 heavy (non-hydrogen) atoms. The van der Waals surface area contributed by atoms with Gasteiger partial charge in [-0.3, -0.25) is 4.57 Å². The van der Waals surface area contributed by atoms with E-state index < -0.39 is 10.0 Å². The summed E-state index contributed by atoms with van der Waals surface area (Å²) < 4.78 is 29.1. The van der Waals surface area contributed by atoms with E-state index in [1.807, 2.05) is 17.0 Å². The molecule has 4 rings (SSSR count). The molecule has 3 heterocycles. The van der Waals surface area contributed by atoms with E-state index in [-0.39, 0.29) is 10.5 Å². The fraction of sp³-hybridized carbons (Fsp3) is 0.222. The molecule has 1 aliphatic heterocycles. The lowest BCUT2D eigenvalue weighted by atomic mass is 10.2. The molecule has 0 amide bonds. The van der Waals surface area contributed by atoms with Crippen molar-refractivity contribution in [2.45, 2.75) is 4.90 Å². The number of nitriles is 1. The van der Waals surface area contributed by atoms with Crippen LogP contribution in [0.25, 0.3) is 5.82 Å². The van der Waals surface area contributed by atoms with Crippen molar-refractivity contribution in [3.8, 4) is 11.9 Å². The van der Waals surface area contributed by atoms with Gasteiger partial charge in [0.1, 0.15) is 30.4 Å². The van der Waals surface area contributed by atoms with Gasteiger partial charge in [-0.15, -0.1) is 0 Å². The maximum absolute atomic E-state index is 12.9. The standard InChI is InChI=1S/C18H17N7O2S/c19-12-15-3-1-2-4-16(15)28(26,27)25-9-7-23(8-10-25)17-11-18(22-13-21-17)24-6-5-20-14-24/h1-6,11,13-14H,7-10H2. The van der Waals surface area contributed by atoms with E-state index in [0.717, 1.165) is 5.82 Å². The summed E-state index contributed by atoms with van der Waals surface area (Å²) in [6, 6.07) is 10.1. The third-order valence-electron chi connectivity index (χ3n) is 4.60. The third kappa shape index (κ3) is 3.33. The summed E-state index contributed by atoms with van der Waals surface area (Å²) in [5.74, 6) is 1.42. The highest BCUT2D eigenvalue weighted by Crippen LogP contribution is 2.23. The van der Waals surface area contributed by atoms with Gasteiger partial charge in [0.2, 0.25) is 10.0 Å². The molecule has 1 saturated heterocycles. The Labute approximate surface area is 162 Å². The van der Waals surface area contributed by atoms with Crippen LogP contribution in [0.4, 0.5) is 5.82 Å². The van der Waals surface area contributed by atoms with Crippen molar-refractivity contribution in [2.24, 2.45) is 0 Å². The summed E-state index contributed by atoms with van der Waals surface area (Å²) in [6.07, 6.45) is 6.61. The minimum Gasteiger partial charge on any atom is -0.354 e. The first kappa shape index (κ1) is 18.1. The van der Waals surface area contributed by atoms with Crippen molar-refractivity contribution in [1.29, 1.82) is 5.26 Å². The molecule has 0 radical (unpaired) electrons. The van der Waals surface area contributed by atoms with Crippen LogP contribution in [-0.2, 0) is 10.0 Å². The lowest BCUT2D eigenvalue weighted by Gasteiger charge is -2.34. The molecule has 0 aliphatic carbocycles. The number of hydrogen-bond acceptors (Lipinski definition) is 7. The van der Waals surface area contributed by atoms with E-state index >= 15 is 0 Å². The Morgan fingerprint density at radius 2 is 1.79 bits per heavy atom. The molecular formula is C18H17N7O2S. The Morgan fingerprint density at radius 1 is 1.04 bits per heavy atom. The van der Waals surface area contributed by atoms with Gasteiger partial charge in [0.05, 0.1) is 10.5 Å². The Morgan fingerprint density at radius 3 is 2.50 bits per heavy atom. The lowest BCUT2D eigenvalue weighted by molar-refractivity contribution is 0.383. The molecule has 0 N–H and O–H groups in total. The van der Waals surface area contributed by atoms with Gasteiger partial charge in [-0.1, -0.05) is 12.1 Å². The van der Waals surface area contributed by atoms with Crippen molar-refractivity contribution in [3.05, 3.63) is 60.9 Å². The van der Waals surface area contributed by atoms with E-state index in [4.69, 9.17) is 0 Å². The van der Waals surface area contributed by atoms with Crippen molar-refractivity contribution in [3.63, 3.8) is 0 Å². The van der Waals surface area contributed by atoms with Gasteiger partial charge in [-0.05, 0) is 12.1 Å². The number of rotatable bonds is 4. The molecule has 0 bridgehead atoms. The summed E-state index contributed by atoms with van der Waals surface area (Å²) in [5.41, 5.74) is 0.158. The third-order valence-corrected chi connectivity index (χ3v) is 6.55. The molecule has 0 saturated carbocycles. The Hall–Kier alpha value is -3.29. The predicted molar refractivity (Wildman–Crippen MR) is 101 cm³/mol. The largest absolute Gasteiger partial charge is 0.354 e. The average molecular weight is 395 g/mol. The fourth-order valence-electron chi connectivity index (χ4n) is 3.13. The van der Waals surface area contributed by atoms with Crippen LogP contribution in [-0.4, -0.2) is 58.4 Å². The Bertz CT molecular complexity index is 1110. The molecule has 9 nitrogen and oxygen atoms in total. The van der Waals surface area contributed by atoms with Crippen LogP contribution in [0.5, 0.6) is 0 Å². The first-order valence-corrected chi connectivity index (χ1v) is 10.1. The number of piperazine rings is 1. The first-order chi connectivity index (χ1) is 13.6. The molecule has 1 aromatic carbocycles. The van der Waals surface area contributed by atoms with Crippen LogP contribution in [0.2, 0.25) is 0 Å². The monoisotopic (exact) mass is 395 g/mol. The normalized spacial score (nSPS) is 15.3. The van der Waals surface area contributed by atoms with Crippen LogP contribution < -0.4 is 4.90 Å². The van der Waals surface area contributed by atoms with Gasteiger partial charge >= 0.3 is 0 Å². The summed E-state index contributed by atoms with van der Waals surface area (Å²) in [5, 5.41) is 9.21. The topological polar surface area (TPSA) is 108 Å². The highest BCUT2D eigenvalue weighted by molar-refractivity contribution is 7.89. The van der Waals surface area contributed by atoms with E-state index in [1.54, 1.807) is 35.4 Å². The molecule has 0 spiro atoms. The zero-order chi connectivity index (χ0) is 19.6. The maximum atomic E-state index is 12.9. The van der Waals surface area contributed by atoms with E-state index in [2.05, 4.69) is 15.0 Å². The summed E-state index contributed by atoms with van der Waals surface area (Å²) in [4.78, 5) is 14.6. The molecule has 0 atom stereocenters. The number of sulfonamides is 1. The number of hydrogen-bond donors (Lipinski definition) is 0. The fourth-order valence-corrected chi connectivity index (χ4v) is 4.69. The number of aromatic nitrogens is 4. The average Bonchev–Trinajstić information content (AvgIpc) is 3.29. The van der Waals surface area contributed by atoms with Crippen LogP contribution in [0, 0.1) is 11.3 Å². The summed E-state index contributed by atoms with van der Waals surface area (Å²) in [7, 11) is -3.71.